The van der Waals surface area contributed by atoms with Crippen LogP contribution in [0.4, 0.5) is 0 Å². The molecule has 4 nitrogen and oxygen atoms in total. The highest BCUT2D eigenvalue weighted by Crippen LogP contribution is 2.32. The van der Waals surface area contributed by atoms with Gasteiger partial charge < -0.3 is 18.9 Å². The molecule has 1 aliphatic rings. The molecule has 0 bridgehead atoms. The van der Waals surface area contributed by atoms with Crippen molar-refractivity contribution in [2.75, 3.05) is 27.1 Å². The van der Waals surface area contributed by atoms with Gasteiger partial charge in [0.25, 0.3) is 0 Å². The van der Waals surface area contributed by atoms with Gasteiger partial charge in [-0.2, -0.15) is 0 Å². The van der Waals surface area contributed by atoms with Crippen molar-refractivity contribution in [1.82, 2.24) is 0 Å². The van der Waals surface area contributed by atoms with Gasteiger partial charge in [-0.1, -0.05) is 18.2 Å². The van der Waals surface area contributed by atoms with Crippen LogP contribution >= 0.6 is 0 Å². The molecule has 2 aromatic carbocycles. The van der Waals surface area contributed by atoms with E-state index in [1.807, 2.05) is 18.2 Å². The van der Waals surface area contributed by atoms with Crippen LogP contribution in [0.1, 0.15) is 24.0 Å². The van der Waals surface area contributed by atoms with E-state index in [1.54, 1.807) is 7.11 Å². The molecular weight excluding hydrogens is 304 g/mol. The molecular formula is C20H24O4. The lowest BCUT2D eigenvalue weighted by Gasteiger charge is -2.06. The molecule has 3 rings (SSSR count). The molecule has 0 aliphatic carbocycles. The number of ether oxygens (including phenoxy) is 4. The standard InChI is InChI=1S/C20H24O4/c1-21-18-9-6-16(7-10-18)4-2-12-22-13-3-5-17-8-11-19-20(14-17)24-15-23-19/h6-11,14H,2-5,12-13,15H2,1H3. The first-order chi connectivity index (χ1) is 11.8. The summed E-state index contributed by atoms with van der Waals surface area (Å²) in [5, 5.41) is 0. The molecule has 0 saturated heterocycles. The van der Waals surface area contributed by atoms with E-state index in [4.69, 9.17) is 18.9 Å². The van der Waals surface area contributed by atoms with Gasteiger partial charge in [-0.3, -0.25) is 0 Å². The van der Waals surface area contributed by atoms with Gasteiger partial charge in [0.2, 0.25) is 6.79 Å². The minimum absolute atomic E-state index is 0.329. The third-order valence-electron chi connectivity index (χ3n) is 4.10. The Morgan fingerprint density at radius 2 is 1.50 bits per heavy atom. The quantitative estimate of drug-likeness (QED) is 0.652. The molecule has 0 radical (unpaired) electrons. The van der Waals surface area contributed by atoms with E-state index in [1.165, 1.54) is 11.1 Å². The Hall–Kier alpha value is -2.20. The van der Waals surface area contributed by atoms with Crippen LogP contribution in [0, 0.1) is 0 Å². The average molecular weight is 328 g/mol. The normalized spacial score (nSPS) is 12.4. The van der Waals surface area contributed by atoms with Crippen LogP contribution in [-0.2, 0) is 17.6 Å². The van der Waals surface area contributed by atoms with Crippen LogP contribution < -0.4 is 14.2 Å². The number of hydrogen-bond donors (Lipinski definition) is 0. The van der Waals surface area contributed by atoms with Gasteiger partial charge in [0.15, 0.2) is 11.5 Å². The van der Waals surface area contributed by atoms with Crippen molar-refractivity contribution < 1.29 is 18.9 Å². The summed E-state index contributed by atoms with van der Waals surface area (Å²) in [6, 6.07) is 14.4. The first kappa shape index (κ1) is 16.7. The van der Waals surface area contributed by atoms with E-state index in [0.29, 0.717) is 6.79 Å². The summed E-state index contributed by atoms with van der Waals surface area (Å²) in [4.78, 5) is 0. The van der Waals surface area contributed by atoms with E-state index in [9.17, 15) is 0 Å². The minimum atomic E-state index is 0.329. The van der Waals surface area contributed by atoms with Gasteiger partial charge in [-0.15, -0.1) is 0 Å². The first-order valence-electron chi connectivity index (χ1n) is 8.44. The fourth-order valence-corrected chi connectivity index (χ4v) is 2.75. The van der Waals surface area contributed by atoms with E-state index in [0.717, 1.165) is 56.1 Å². The van der Waals surface area contributed by atoms with Crippen molar-refractivity contribution in [1.29, 1.82) is 0 Å². The number of aryl methyl sites for hydroxylation is 2. The van der Waals surface area contributed by atoms with Gasteiger partial charge in [0, 0.05) is 13.2 Å². The average Bonchev–Trinajstić information content (AvgIpc) is 3.09. The van der Waals surface area contributed by atoms with Crippen molar-refractivity contribution in [3.8, 4) is 17.2 Å². The fraction of sp³-hybridized carbons (Fsp3) is 0.400. The lowest BCUT2D eigenvalue weighted by atomic mass is 10.1. The van der Waals surface area contributed by atoms with Crippen molar-refractivity contribution in [3.63, 3.8) is 0 Å². The zero-order valence-corrected chi connectivity index (χ0v) is 14.1. The van der Waals surface area contributed by atoms with Crippen molar-refractivity contribution >= 4 is 0 Å². The van der Waals surface area contributed by atoms with Gasteiger partial charge in [0.05, 0.1) is 7.11 Å². The highest BCUT2D eigenvalue weighted by Gasteiger charge is 2.12. The molecule has 0 spiro atoms. The smallest absolute Gasteiger partial charge is 0.231 e. The lowest BCUT2D eigenvalue weighted by Crippen LogP contribution is -2.00. The van der Waals surface area contributed by atoms with Crippen LogP contribution in [0.15, 0.2) is 42.5 Å². The van der Waals surface area contributed by atoms with Crippen LogP contribution in [0.25, 0.3) is 0 Å². The summed E-state index contributed by atoms with van der Waals surface area (Å²) in [5.74, 6) is 2.60. The van der Waals surface area contributed by atoms with Crippen LogP contribution in [0.3, 0.4) is 0 Å². The lowest BCUT2D eigenvalue weighted by molar-refractivity contribution is 0.130. The van der Waals surface area contributed by atoms with E-state index in [2.05, 4.69) is 24.3 Å². The Bertz CT molecular complexity index is 637. The molecule has 0 atom stereocenters. The van der Waals surface area contributed by atoms with Crippen LogP contribution in [0.2, 0.25) is 0 Å². The van der Waals surface area contributed by atoms with Crippen LogP contribution in [-0.4, -0.2) is 27.1 Å². The molecule has 1 heterocycles. The van der Waals surface area contributed by atoms with E-state index in [-0.39, 0.29) is 0 Å². The molecule has 2 aromatic rings. The second-order valence-corrected chi connectivity index (χ2v) is 5.86. The number of methoxy groups -OCH3 is 1. The third kappa shape index (κ3) is 4.65. The summed E-state index contributed by atoms with van der Waals surface area (Å²) in [5.41, 5.74) is 2.58. The van der Waals surface area contributed by atoms with E-state index < -0.39 is 0 Å². The molecule has 1 aliphatic heterocycles. The van der Waals surface area contributed by atoms with Crippen molar-refractivity contribution in [3.05, 3.63) is 53.6 Å². The second kappa shape index (κ2) is 8.60. The summed E-state index contributed by atoms with van der Waals surface area (Å²) < 4.78 is 21.6. The zero-order valence-electron chi connectivity index (χ0n) is 14.1. The molecule has 4 heteroatoms. The highest BCUT2D eigenvalue weighted by molar-refractivity contribution is 5.44. The summed E-state index contributed by atoms with van der Waals surface area (Å²) in [7, 11) is 1.69. The Balaban J connectivity index is 1.27. The van der Waals surface area contributed by atoms with Crippen molar-refractivity contribution in [2.45, 2.75) is 25.7 Å². The first-order valence-corrected chi connectivity index (χ1v) is 8.44. The van der Waals surface area contributed by atoms with Crippen LogP contribution in [0.5, 0.6) is 17.2 Å². The molecule has 0 fully saturated rings. The fourth-order valence-electron chi connectivity index (χ4n) is 2.75. The maximum Gasteiger partial charge on any atom is 0.231 e. The molecule has 0 saturated carbocycles. The second-order valence-electron chi connectivity index (χ2n) is 5.86. The Labute approximate surface area is 143 Å². The molecule has 0 aromatic heterocycles. The molecule has 0 unspecified atom stereocenters. The Kier molecular flexibility index (Phi) is 5.96. The monoisotopic (exact) mass is 328 g/mol. The molecule has 0 N–H and O–H groups in total. The van der Waals surface area contributed by atoms with Gasteiger partial charge >= 0.3 is 0 Å². The predicted molar refractivity (Wildman–Crippen MR) is 93.0 cm³/mol. The van der Waals surface area contributed by atoms with Gasteiger partial charge in [-0.05, 0) is 61.1 Å². The maximum atomic E-state index is 5.73. The minimum Gasteiger partial charge on any atom is -0.497 e. The Morgan fingerprint density at radius 3 is 2.25 bits per heavy atom. The van der Waals surface area contributed by atoms with Gasteiger partial charge in [0.1, 0.15) is 5.75 Å². The summed E-state index contributed by atoms with van der Waals surface area (Å²) >= 11 is 0. The van der Waals surface area contributed by atoms with Crippen molar-refractivity contribution in [2.24, 2.45) is 0 Å². The zero-order chi connectivity index (χ0) is 16.6. The third-order valence-corrected chi connectivity index (χ3v) is 4.10. The highest BCUT2D eigenvalue weighted by atomic mass is 16.7. The number of rotatable bonds is 9. The maximum absolute atomic E-state index is 5.73. The molecule has 0 amide bonds. The number of hydrogen-bond acceptors (Lipinski definition) is 4. The summed E-state index contributed by atoms with van der Waals surface area (Å²) in [6.45, 7) is 1.92. The van der Waals surface area contributed by atoms with E-state index >= 15 is 0 Å². The molecule has 24 heavy (non-hydrogen) atoms. The van der Waals surface area contributed by atoms with Gasteiger partial charge in [-0.25, -0.2) is 0 Å². The predicted octanol–water partition coefficient (Wildman–Crippen LogP) is 4.01. The number of fused-ring (bicyclic) bond motifs is 1. The Morgan fingerprint density at radius 1 is 0.833 bits per heavy atom. The summed E-state index contributed by atoms with van der Waals surface area (Å²) in [6.07, 6.45) is 4.08. The molecule has 128 valence electrons. The SMILES string of the molecule is COc1ccc(CCCOCCCc2ccc3c(c2)OCO3)cc1. The topological polar surface area (TPSA) is 36.9 Å². The largest absolute Gasteiger partial charge is 0.497 e. The number of benzene rings is 2.